The molecule has 2 fully saturated rings. The van der Waals surface area contributed by atoms with Crippen molar-refractivity contribution in [1.29, 1.82) is 0 Å². The van der Waals surface area contributed by atoms with Crippen molar-refractivity contribution in [2.45, 2.75) is 224 Å². The van der Waals surface area contributed by atoms with E-state index in [0.717, 1.165) is 12.8 Å². The molecule has 1 aliphatic carbocycles. The Morgan fingerprint density at radius 2 is 1.00 bits per heavy atom. The second kappa shape index (κ2) is 15.8. The van der Waals surface area contributed by atoms with E-state index in [4.69, 9.17) is 18.0 Å². The summed E-state index contributed by atoms with van der Waals surface area (Å²) in [4.78, 5) is 13.8. The molecule has 2 aliphatic rings. The zero-order valence-corrected chi connectivity index (χ0v) is 36.0. The molecule has 0 N–H and O–H groups in total. The molecule has 5 nitrogen and oxygen atoms in total. The molecule has 4 atom stereocenters. The summed E-state index contributed by atoms with van der Waals surface area (Å²) in [5.41, 5.74) is 3.22. The van der Waals surface area contributed by atoms with Crippen LogP contribution in [0.3, 0.4) is 0 Å². The maximum absolute atomic E-state index is 13.8. The first-order chi connectivity index (χ1) is 20.6. The Balaban J connectivity index is 2.84. The average Bonchev–Trinajstić information content (AvgIpc) is 3.23. The molecule has 0 unspecified atom stereocenters. The molecule has 266 valence electrons. The van der Waals surface area contributed by atoms with Crippen LogP contribution in [0.4, 0.5) is 0 Å². The van der Waals surface area contributed by atoms with Crippen molar-refractivity contribution < 1.29 is 22.8 Å². The van der Waals surface area contributed by atoms with Crippen LogP contribution >= 0.6 is 0 Å². The van der Waals surface area contributed by atoms with Crippen molar-refractivity contribution in [3.63, 3.8) is 0 Å². The predicted molar refractivity (Wildman–Crippen MR) is 200 cm³/mol. The minimum absolute atomic E-state index is 0.190. The van der Waals surface area contributed by atoms with Crippen molar-refractivity contribution >= 4 is 30.7 Å². The van der Waals surface area contributed by atoms with Crippen LogP contribution in [0.5, 0.6) is 0 Å². The minimum atomic E-state index is -2.34. The van der Waals surface area contributed by atoms with Crippen LogP contribution < -0.4 is 0 Å². The van der Waals surface area contributed by atoms with Crippen molar-refractivity contribution in [2.24, 2.45) is 0 Å². The molecule has 1 spiro atoms. The topological polar surface area (TPSA) is 54.0 Å². The van der Waals surface area contributed by atoms with E-state index >= 15 is 0 Å². The van der Waals surface area contributed by atoms with Gasteiger partial charge >= 0.3 is 0 Å². The number of ether oxygens (including phenoxy) is 1. The monoisotopic (exact) mass is 685 g/mol. The van der Waals surface area contributed by atoms with Gasteiger partial charge in [-0.05, 0) is 62.7 Å². The molecule has 45 heavy (non-hydrogen) atoms. The van der Waals surface area contributed by atoms with Crippen LogP contribution in [0.15, 0.2) is 0 Å². The molecular formula is C37H76O5Si3. The van der Waals surface area contributed by atoms with Gasteiger partial charge in [0, 0.05) is 12.8 Å². The van der Waals surface area contributed by atoms with E-state index in [1.54, 1.807) is 0 Å². The molecule has 0 aromatic rings. The third-order valence-corrected chi connectivity index (χ3v) is 30.7. The molecule has 2 rings (SSSR count). The zero-order valence-electron chi connectivity index (χ0n) is 33.0. The molecule has 1 saturated heterocycles. The van der Waals surface area contributed by atoms with E-state index < -0.39 is 30.6 Å². The summed E-state index contributed by atoms with van der Waals surface area (Å²) >= 11 is 0. The summed E-state index contributed by atoms with van der Waals surface area (Å²) in [6.45, 7) is 42.9. The summed E-state index contributed by atoms with van der Waals surface area (Å²) in [6.07, 6.45) is 2.07. The van der Waals surface area contributed by atoms with Crippen molar-refractivity contribution in [1.82, 2.24) is 0 Å². The standard InChI is InChI=1S/C37H76O5Si3/c1-24(2)43(25(3)4,26(5)6)39-23-34-36(42-45(30(13)14,31(15)16)32(17)18)33(22-37(40-34)21-19-20-35(37)38)41-44(27(7)8,28(9)10)29(11)12/h24-34,36H,19-23H2,1-18H3/t33-,34-,36+,37+/m1/s1. The fourth-order valence-electron chi connectivity index (χ4n) is 10.8. The van der Waals surface area contributed by atoms with Gasteiger partial charge in [-0.3, -0.25) is 4.79 Å². The highest BCUT2D eigenvalue weighted by molar-refractivity contribution is 6.78. The smallest absolute Gasteiger partial charge is 0.201 e. The largest absolute Gasteiger partial charge is 0.413 e. The van der Waals surface area contributed by atoms with Gasteiger partial charge in [-0.2, -0.15) is 0 Å². The summed E-state index contributed by atoms with van der Waals surface area (Å²) < 4.78 is 30.1. The molecule has 1 heterocycles. The van der Waals surface area contributed by atoms with Gasteiger partial charge in [0.15, 0.2) is 14.1 Å². The van der Waals surface area contributed by atoms with Gasteiger partial charge < -0.3 is 18.0 Å². The lowest BCUT2D eigenvalue weighted by Gasteiger charge is -2.55. The van der Waals surface area contributed by atoms with E-state index in [1.807, 2.05) is 0 Å². The van der Waals surface area contributed by atoms with Crippen LogP contribution in [-0.2, 0) is 22.8 Å². The third kappa shape index (κ3) is 7.67. The van der Waals surface area contributed by atoms with Crippen molar-refractivity contribution in [2.75, 3.05) is 6.61 Å². The van der Waals surface area contributed by atoms with Crippen LogP contribution in [0.2, 0.25) is 49.9 Å². The van der Waals surface area contributed by atoms with Gasteiger partial charge in [-0.1, -0.05) is 125 Å². The highest BCUT2D eigenvalue weighted by atomic mass is 28.4. The van der Waals surface area contributed by atoms with Gasteiger partial charge in [0.1, 0.15) is 11.7 Å². The Morgan fingerprint density at radius 1 is 0.622 bits per heavy atom. The van der Waals surface area contributed by atoms with Gasteiger partial charge in [-0.15, -0.1) is 0 Å². The number of hydrogen-bond donors (Lipinski definition) is 0. The Kier molecular flexibility index (Phi) is 14.5. The summed E-state index contributed by atoms with van der Waals surface area (Å²) in [5.74, 6) is 0.255. The molecule has 0 radical (unpaired) electrons. The fraction of sp³-hybridized carbons (Fsp3) is 0.973. The molecule has 0 aromatic heterocycles. The molecule has 1 saturated carbocycles. The van der Waals surface area contributed by atoms with Crippen molar-refractivity contribution in [3.8, 4) is 0 Å². The van der Waals surface area contributed by atoms with Crippen LogP contribution in [-0.4, -0.2) is 61.3 Å². The van der Waals surface area contributed by atoms with Gasteiger partial charge in [-0.25, -0.2) is 0 Å². The molecule has 8 heteroatoms. The Hall–Kier alpha value is 0.161. The Bertz CT molecular complexity index is 879. The number of carbonyl (C=O) groups excluding carboxylic acids is 1. The number of ketones is 1. The summed E-state index contributed by atoms with van der Waals surface area (Å²) in [6, 6.07) is 0. The summed E-state index contributed by atoms with van der Waals surface area (Å²) in [5, 5.41) is 0. The Labute approximate surface area is 283 Å². The van der Waals surface area contributed by atoms with E-state index in [1.165, 1.54) is 0 Å². The second-order valence-corrected chi connectivity index (χ2v) is 33.9. The lowest BCUT2D eigenvalue weighted by Crippen LogP contribution is -2.66. The number of hydrogen-bond acceptors (Lipinski definition) is 5. The highest BCUT2D eigenvalue weighted by Crippen LogP contribution is 2.51. The molecule has 0 bridgehead atoms. The molecule has 0 aromatic carbocycles. The molecule has 1 aliphatic heterocycles. The van der Waals surface area contributed by atoms with Crippen LogP contribution in [0.25, 0.3) is 0 Å². The lowest BCUT2D eigenvalue weighted by molar-refractivity contribution is -0.211. The summed E-state index contributed by atoms with van der Waals surface area (Å²) in [7, 11) is -6.84. The Morgan fingerprint density at radius 3 is 1.33 bits per heavy atom. The number of Topliss-reactive ketones (excluding diaryl/α,β-unsaturated/α-hetero) is 1. The second-order valence-electron chi connectivity index (χ2n) is 17.6. The van der Waals surface area contributed by atoms with Crippen LogP contribution in [0.1, 0.15) is 150 Å². The fourth-order valence-corrected chi connectivity index (χ4v) is 27.4. The highest BCUT2D eigenvalue weighted by Gasteiger charge is 2.60. The lowest BCUT2D eigenvalue weighted by atomic mass is 9.86. The molecular weight excluding hydrogens is 609 g/mol. The normalized spacial score (nSPS) is 25.8. The van der Waals surface area contributed by atoms with Crippen LogP contribution in [0, 0.1) is 0 Å². The van der Waals surface area contributed by atoms with Crippen molar-refractivity contribution in [3.05, 3.63) is 0 Å². The first-order valence-corrected chi connectivity index (χ1v) is 25.2. The SMILES string of the molecule is CC(C)[Si](OC[C@H]1O[C@@]2(CCCC2=O)C[C@@H](O[Si](C(C)C)(C(C)C)C(C)C)[C@@H]1O[Si](C(C)C)(C(C)C)C(C)C)(C(C)C)C(C)C. The van der Waals surface area contributed by atoms with E-state index in [-0.39, 0.29) is 24.1 Å². The number of rotatable bonds is 16. The van der Waals surface area contributed by atoms with E-state index in [0.29, 0.717) is 69.3 Å². The minimum Gasteiger partial charge on any atom is -0.413 e. The maximum atomic E-state index is 13.8. The molecule has 0 amide bonds. The quantitative estimate of drug-likeness (QED) is 0.151. The first kappa shape index (κ1) is 41.3. The maximum Gasteiger partial charge on any atom is 0.201 e. The first-order valence-electron chi connectivity index (χ1n) is 18.8. The third-order valence-electron chi connectivity index (χ3n) is 12.4. The van der Waals surface area contributed by atoms with Gasteiger partial charge in [0.25, 0.3) is 0 Å². The van der Waals surface area contributed by atoms with Gasteiger partial charge in [0.2, 0.25) is 16.6 Å². The van der Waals surface area contributed by atoms with E-state index in [2.05, 4.69) is 125 Å². The average molecular weight is 685 g/mol. The van der Waals surface area contributed by atoms with E-state index in [9.17, 15) is 4.79 Å². The zero-order chi connectivity index (χ0) is 34.9. The van der Waals surface area contributed by atoms with Gasteiger partial charge in [0.05, 0.1) is 18.8 Å². The predicted octanol–water partition coefficient (Wildman–Crippen LogP) is 11.6. The number of carbonyl (C=O) groups is 1.